The van der Waals surface area contributed by atoms with Gasteiger partial charge in [0.15, 0.2) is 0 Å². The SMILES string of the molecule is CCCCCC(O)(CCCCC)C(NC(=O)C(F)(F)F)c1ccccc1C. The van der Waals surface area contributed by atoms with Crippen LogP contribution >= 0.6 is 0 Å². The molecular formula is C21H32F3NO2. The van der Waals surface area contributed by atoms with Crippen molar-refractivity contribution < 1.29 is 23.1 Å². The molecule has 0 radical (unpaired) electrons. The van der Waals surface area contributed by atoms with Crippen molar-refractivity contribution in [3.8, 4) is 0 Å². The van der Waals surface area contributed by atoms with Gasteiger partial charge in [-0.15, -0.1) is 0 Å². The largest absolute Gasteiger partial charge is 0.471 e. The van der Waals surface area contributed by atoms with Crippen LogP contribution in [0.4, 0.5) is 13.2 Å². The summed E-state index contributed by atoms with van der Waals surface area (Å²) in [5, 5.41) is 13.5. The van der Waals surface area contributed by atoms with E-state index < -0.39 is 23.7 Å². The van der Waals surface area contributed by atoms with Crippen molar-refractivity contribution in [2.24, 2.45) is 0 Å². The van der Waals surface area contributed by atoms with Crippen molar-refractivity contribution in [1.82, 2.24) is 5.32 Å². The Bertz CT molecular complexity index is 577. The summed E-state index contributed by atoms with van der Waals surface area (Å²) in [4.78, 5) is 11.7. The third-order valence-corrected chi connectivity index (χ3v) is 5.00. The minimum atomic E-state index is -4.99. The van der Waals surface area contributed by atoms with Crippen LogP contribution in [0, 0.1) is 6.92 Å². The fraction of sp³-hybridized carbons (Fsp3) is 0.667. The molecule has 27 heavy (non-hydrogen) atoms. The van der Waals surface area contributed by atoms with Crippen molar-refractivity contribution in [3.63, 3.8) is 0 Å². The standard InChI is InChI=1S/C21H32F3NO2/c1-4-6-10-14-20(27,15-11-7-5-2)18(25-19(26)21(22,23)24)17-13-9-8-12-16(17)3/h8-9,12-13,18,27H,4-7,10-11,14-15H2,1-3H3,(H,25,26). The molecule has 1 aromatic rings. The van der Waals surface area contributed by atoms with Crippen molar-refractivity contribution in [2.75, 3.05) is 0 Å². The predicted octanol–water partition coefficient (Wildman–Crippen LogP) is 5.61. The van der Waals surface area contributed by atoms with Gasteiger partial charge in [-0.25, -0.2) is 0 Å². The second kappa shape index (κ2) is 10.7. The molecule has 3 nitrogen and oxygen atoms in total. The average Bonchev–Trinajstić information content (AvgIpc) is 2.60. The van der Waals surface area contributed by atoms with Gasteiger partial charge in [-0.05, 0) is 30.9 Å². The number of hydrogen-bond acceptors (Lipinski definition) is 2. The molecule has 0 aliphatic rings. The number of aryl methyl sites for hydroxylation is 1. The number of nitrogens with one attached hydrogen (secondary N) is 1. The van der Waals surface area contributed by atoms with Crippen LogP contribution in [0.2, 0.25) is 0 Å². The molecule has 0 aliphatic heterocycles. The highest BCUT2D eigenvalue weighted by atomic mass is 19.4. The fourth-order valence-electron chi connectivity index (χ4n) is 3.40. The first-order valence-electron chi connectivity index (χ1n) is 9.81. The van der Waals surface area contributed by atoms with Gasteiger partial charge in [0.2, 0.25) is 0 Å². The topological polar surface area (TPSA) is 49.3 Å². The number of unbranched alkanes of at least 4 members (excludes halogenated alkanes) is 4. The third kappa shape index (κ3) is 7.17. The number of halogens is 3. The lowest BCUT2D eigenvalue weighted by molar-refractivity contribution is -0.176. The third-order valence-electron chi connectivity index (χ3n) is 5.00. The molecule has 1 amide bonds. The van der Waals surface area contributed by atoms with Gasteiger partial charge >= 0.3 is 12.1 Å². The summed E-state index contributed by atoms with van der Waals surface area (Å²) < 4.78 is 38.8. The number of carbonyl (C=O) groups excluding carboxylic acids is 1. The first-order chi connectivity index (χ1) is 12.7. The van der Waals surface area contributed by atoms with Crippen LogP contribution in [0.25, 0.3) is 0 Å². The molecule has 0 fully saturated rings. The Morgan fingerprint density at radius 3 is 2.00 bits per heavy atom. The van der Waals surface area contributed by atoms with Gasteiger partial charge in [-0.2, -0.15) is 13.2 Å². The fourth-order valence-corrected chi connectivity index (χ4v) is 3.40. The Kier molecular flexibility index (Phi) is 9.30. The van der Waals surface area contributed by atoms with E-state index in [0.29, 0.717) is 31.2 Å². The van der Waals surface area contributed by atoms with Crippen molar-refractivity contribution in [3.05, 3.63) is 35.4 Å². The van der Waals surface area contributed by atoms with E-state index in [4.69, 9.17) is 0 Å². The smallest absolute Gasteiger partial charge is 0.387 e. The molecule has 1 rings (SSSR count). The highest BCUT2D eigenvalue weighted by Gasteiger charge is 2.45. The Balaban J connectivity index is 3.26. The summed E-state index contributed by atoms with van der Waals surface area (Å²) >= 11 is 0. The van der Waals surface area contributed by atoms with Crippen LogP contribution in [0.15, 0.2) is 24.3 Å². The van der Waals surface area contributed by atoms with Crippen molar-refractivity contribution in [1.29, 1.82) is 0 Å². The van der Waals surface area contributed by atoms with Gasteiger partial charge < -0.3 is 10.4 Å². The van der Waals surface area contributed by atoms with Gasteiger partial charge in [-0.1, -0.05) is 76.6 Å². The van der Waals surface area contributed by atoms with Crippen LogP contribution in [0.1, 0.15) is 82.4 Å². The van der Waals surface area contributed by atoms with E-state index in [0.717, 1.165) is 31.2 Å². The van der Waals surface area contributed by atoms with Crippen molar-refractivity contribution >= 4 is 5.91 Å². The lowest BCUT2D eigenvalue weighted by atomic mass is 9.79. The molecule has 0 saturated carbocycles. The monoisotopic (exact) mass is 387 g/mol. The van der Waals surface area contributed by atoms with E-state index >= 15 is 0 Å². The normalized spacial score (nSPS) is 13.4. The molecule has 0 aromatic heterocycles. The Morgan fingerprint density at radius 2 is 1.56 bits per heavy atom. The summed E-state index contributed by atoms with van der Waals surface area (Å²) in [6.45, 7) is 5.83. The van der Waals surface area contributed by atoms with Crippen LogP contribution < -0.4 is 5.32 Å². The first-order valence-corrected chi connectivity index (χ1v) is 9.81. The van der Waals surface area contributed by atoms with Crippen LogP contribution in [0.3, 0.4) is 0 Å². The molecule has 0 aliphatic carbocycles. The van der Waals surface area contributed by atoms with Gasteiger partial charge in [0.1, 0.15) is 0 Å². The lowest BCUT2D eigenvalue weighted by Crippen LogP contribution is -2.50. The molecular weight excluding hydrogens is 355 g/mol. The van der Waals surface area contributed by atoms with Crippen molar-refractivity contribution in [2.45, 2.75) is 90.0 Å². The molecule has 1 aromatic carbocycles. The number of rotatable bonds is 11. The van der Waals surface area contributed by atoms with E-state index in [2.05, 4.69) is 5.32 Å². The number of benzene rings is 1. The second-order valence-corrected chi connectivity index (χ2v) is 7.28. The summed E-state index contributed by atoms with van der Waals surface area (Å²) in [6, 6.07) is 5.87. The second-order valence-electron chi connectivity index (χ2n) is 7.28. The molecule has 0 spiro atoms. The van der Waals surface area contributed by atoms with Gasteiger partial charge in [0.05, 0.1) is 11.6 Å². The van der Waals surface area contributed by atoms with Crippen LogP contribution in [-0.4, -0.2) is 22.8 Å². The van der Waals surface area contributed by atoms with Crippen LogP contribution in [-0.2, 0) is 4.79 Å². The average molecular weight is 387 g/mol. The molecule has 0 heterocycles. The Labute approximate surface area is 160 Å². The molecule has 1 atom stereocenters. The number of aliphatic hydroxyl groups is 1. The van der Waals surface area contributed by atoms with E-state index in [1.165, 1.54) is 0 Å². The summed E-state index contributed by atoms with van der Waals surface area (Å²) in [5.74, 6) is -2.01. The maximum absolute atomic E-state index is 12.9. The van der Waals surface area contributed by atoms with E-state index in [9.17, 15) is 23.1 Å². The Morgan fingerprint density at radius 1 is 1.04 bits per heavy atom. The molecule has 1 unspecified atom stereocenters. The van der Waals surface area contributed by atoms with E-state index in [1.54, 1.807) is 31.2 Å². The van der Waals surface area contributed by atoms with Gasteiger partial charge in [-0.3, -0.25) is 4.79 Å². The molecule has 2 N–H and O–H groups in total. The van der Waals surface area contributed by atoms with E-state index in [-0.39, 0.29) is 0 Å². The zero-order valence-electron chi connectivity index (χ0n) is 16.5. The minimum Gasteiger partial charge on any atom is -0.387 e. The highest BCUT2D eigenvalue weighted by Crippen LogP contribution is 2.37. The zero-order valence-corrected chi connectivity index (χ0v) is 16.5. The molecule has 0 saturated heterocycles. The number of amides is 1. The van der Waals surface area contributed by atoms with E-state index in [1.807, 2.05) is 13.8 Å². The maximum atomic E-state index is 12.9. The first kappa shape index (κ1) is 23.5. The van der Waals surface area contributed by atoms with Crippen LogP contribution in [0.5, 0.6) is 0 Å². The van der Waals surface area contributed by atoms with Gasteiger partial charge in [0, 0.05) is 0 Å². The van der Waals surface area contributed by atoms with Gasteiger partial charge in [0.25, 0.3) is 0 Å². The molecule has 6 heteroatoms. The lowest BCUT2D eigenvalue weighted by Gasteiger charge is -2.38. The molecule has 0 bridgehead atoms. The Hall–Kier alpha value is -1.56. The quantitative estimate of drug-likeness (QED) is 0.485. The molecule has 154 valence electrons. The summed E-state index contributed by atoms with van der Waals surface area (Å²) in [6.07, 6.45) is 0.739. The maximum Gasteiger partial charge on any atom is 0.471 e. The predicted molar refractivity (Wildman–Crippen MR) is 101 cm³/mol. The number of carbonyl (C=O) groups is 1. The summed E-state index contributed by atoms with van der Waals surface area (Å²) in [5.41, 5.74) is -0.142. The highest BCUT2D eigenvalue weighted by molar-refractivity contribution is 5.82. The zero-order chi connectivity index (χ0) is 20.5. The number of alkyl halides is 3. The number of hydrogen-bond donors (Lipinski definition) is 2. The summed E-state index contributed by atoms with van der Waals surface area (Å²) in [7, 11) is 0. The minimum absolute atomic E-state index is 0.349.